The van der Waals surface area contributed by atoms with Crippen LogP contribution in [0.3, 0.4) is 0 Å². The molecule has 7 heteroatoms. The largest absolute Gasteiger partial charge is 0.490 e. The minimum absolute atomic E-state index is 0.0603. The summed E-state index contributed by atoms with van der Waals surface area (Å²) >= 11 is 0. The van der Waals surface area contributed by atoms with Gasteiger partial charge in [0.1, 0.15) is 11.9 Å². The van der Waals surface area contributed by atoms with E-state index in [1.165, 1.54) is 17.1 Å². The number of benzene rings is 1. The van der Waals surface area contributed by atoms with E-state index in [-0.39, 0.29) is 11.7 Å². The van der Waals surface area contributed by atoms with Crippen LogP contribution >= 0.6 is 0 Å². The van der Waals surface area contributed by atoms with Crippen LogP contribution in [0.1, 0.15) is 31.0 Å². The molecule has 1 aromatic carbocycles. The van der Waals surface area contributed by atoms with Crippen molar-refractivity contribution in [2.75, 3.05) is 26.3 Å². The predicted molar refractivity (Wildman–Crippen MR) is 115 cm³/mol. The summed E-state index contributed by atoms with van der Waals surface area (Å²) in [6.07, 6.45) is 8.53. The minimum Gasteiger partial charge on any atom is -0.490 e. The van der Waals surface area contributed by atoms with Crippen LogP contribution < -0.4 is 10.3 Å². The van der Waals surface area contributed by atoms with E-state index in [4.69, 9.17) is 9.47 Å². The summed E-state index contributed by atoms with van der Waals surface area (Å²) in [7, 11) is 1.81. The summed E-state index contributed by atoms with van der Waals surface area (Å²) in [6.45, 7) is 4.27. The molecule has 2 aliphatic heterocycles. The Kier molecular flexibility index (Phi) is 5.31. The van der Waals surface area contributed by atoms with Gasteiger partial charge in [-0.1, -0.05) is 6.07 Å². The number of hydrogen-bond acceptors (Lipinski definition) is 5. The summed E-state index contributed by atoms with van der Waals surface area (Å²) in [5.41, 5.74) is 2.11. The van der Waals surface area contributed by atoms with Gasteiger partial charge in [0.2, 0.25) is 0 Å². The quantitative estimate of drug-likeness (QED) is 0.650. The lowest BCUT2D eigenvalue weighted by Crippen LogP contribution is -2.39. The maximum absolute atomic E-state index is 11.8. The van der Waals surface area contributed by atoms with Crippen molar-refractivity contribution in [2.24, 2.45) is 7.05 Å². The van der Waals surface area contributed by atoms with E-state index >= 15 is 0 Å². The first-order valence-corrected chi connectivity index (χ1v) is 10.8. The van der Waals surface area contributed by atoms with Crippen LogP contribution in [0.25, 0.3) is 10.9 Å². The first-order chi connectivity index (χ1) is 14.7. The highest BCUT2D eigenvalue weighted by Gasteiger charge is 2.23. The van der Waals surface area contributed by atoms with Gasteiger partial charge in [-0.3, -0.25) is 14.7 Å². The summed E-state index contributed by atoms with van der Waals surface area (Å²) in [4.78, 5) is 18.2. The minimum atomic E-state index is -0.0603. The van der Waals surface area contributed by atoms with Gasteiger partial charge >= 0.3 is 0 Å². The number of rotatable bonds is 5. The first kappa shape index (κ1) is 19.3. The van der Waals surface area contributed by atoms with Gasteiger partial charge in [0.25, 0.3) is 5.56 Å². The number of hydrogen-bond donors (Lipinski definition) is 0. The third kappa shape index (κ3) is 3.75. The first-order valence-electron chi connectivity index (χ1n) is 10.8. The molecule has 1 atom stereocenters. The second-order valence-electron chi connectivity index (χ2n) is 8.32. The van der Waals surface area contributed by atoms with E-state index in [0.29, 0.717) is 6.04 Å². The SMILES string of the molecule is Cn1c(CN2CCC(Oc3cccc4c3ccn4C3CCOC3)CC2)cncc1=O. The second-order valence-corrected chi connectivity index (χ2v) is 8.32. The van der Waals surface area contributed by atoms with E-state index in [9.17, 15) is 4.79 Å². The molecule has 7 nitrogen and oxygen atoms in total. The summed E-state index contributed by atoms with van der Waals surface area (Å²) in [5, 5.41) is 1.18. The van der Waals surface area contributed by atoms with Gasteiger partial charge in [0.05, 0.1) is 30.1 Å². The molecule has 0 amide bonds. The van der Waals surface area contributed by atoms with Crippen LogP contribution in [0.5, 0.6) is 5.75 Å². The predicted octanol–water partition coefficient (Wildman–Crippen LogP) is 2.74. The van der Waals surface area contributed by atoms with E-state index < -0.39 is 0 Å². The number of fused-ring (bicyclic) bond motifs is 1. The summed E-state index contributed by atoms with van der Waals surface area (Å²) in [5.74, 6) is 0.971. The van der Waals surface area contributed by atoms with E-state index in [2.05, 4.69) is 44.9 Å². The molecule has 0 spiro atoms. The van der Waals surface area contributed by atoms with E-state index in [1.807, 2.05) is 0 Å². The molecule has 0 aliphatic carbocycles. The fourth-order valence-corrected chi connectivity index (χ4v) is 4.57. The molecule has 2 fully saturated rings. The molecule has 2 saturated heterocycles. The molecule has 158 valence electrons. The maximum Gasteiger partial charge on any atom is 0.268 e. The molecule has 30 heavy (non-hydrogen) atoms. The summed E-state index contributed by atoms with van der Waals surface area (Å²) in [6, 6.07) is 8.92. The zero-order valence-corrected chi connectivity index (χ0v) is 17.4. The van der Waals surface area contributed by atoms with Gasteiger partial charge in [-0.05, 0) is 37.5 Å². The number of piperidine rings is 1. The monoisotopic (exact) mass is 408 g/mol. The highest BCUT2D eigenvalue weighted by molar-refractivity contribution is 5.86. The number of nitrogens with zero attached hydrogens (tertiary/aromatic N) is 4. The molecule has 0 saturated carbocycles. The molecular weight excluding hydrogens is 380 g/mol. The van der Waals surface area contributed by atoms with Gasteiger partial charge in [-0.2, -0.15) is 0 Å². The van der Waals surface area contributed by atoms with Gasteiger partial charge in [-0.25, -0.2) is 0 Å². The normalized spacial score (nSPS) is 20.8. The van der Waals surface area contributed by atoms with Crippen molar-refractivity contribution in [3.05, 3.63) is 58.9 Å². The Balaban J connectivity index is 1.24. The van der Waals surface area contributed by atoms with Crippen molar-refractivity contribution in [3.63, 3.8) is 0 Å². The van der Waals surface area contributed by atoms with Gasteiger partial charge in [0.15, 0.2) is 0 Å². The Bertz CT molecular complexity index is 1080. The topological polar surface area (TPSA) is 61.5 Å². The van der Waals surface area contributed by atoms with Crippen molar-refractivity contribution < 1.29 is 9.47 Å². The molecule has 5 rings (SSSR count). The lowest BCUT2D eigenvalue weighted by Gasteiger charge is -2.32. The van der Waals surface area contributed by atoms with Gasteiger partial charge < -0.3 is 18.6 Å². The highest BCUT2D eigenvalue weighted by Crippen LogP contribution is 2.32. The van der Waals surface area contributed by atoms with E-state index in [1.54, 1.807) is 17.8 Å². The average molecular weight is 409 g/mol. The molecule has 3 aromatic rings. The third-order valence-electron chi connectivity index (χ3n) is 6.41. The van der Waals surface area contributed by atoms with E-state index in [0.717, 1.165) is 63.6 Å². The zero-order valence-electron chi connectivity index (χ0n) is 17.4. The number of ether oxygens (including phenoxy) is 2. The van der Waals surface area contributed by atoms with Crippen LogP contribution in [0.4, 0.5) is 0 Å². The van der Waals surface area contributed by atoms with Gasteiger partial charge in [0, 0.05) is 51.1 Å². The Labute approximate surface area is 175 Å². The second kappa shape index (κ2) is 8.24. The molecule has 4 heterocycles. The van der Waals surface area contributed by atoms with Crippen molar-refractivity contribution in [1.29, 1.82) is 0 Å². The summed E-state index contributed by atoms with van der Waals surface area (Å²) < 4.78 is 16.0. The zero-order chi connectivity index (χ0) is 20.5. The Morgan fingerprint density at radius 2 is 2.03 bits per heavy atom. The third-order valence-corrected chi connectivity index (χ3v) is 6.41. The van der Waals surface area contributed by atoms with Crippen LogP contribution in [0.2, 0.25) is 0 Å². The Hall–Kier alpha value is -2.64. The van der Waals surface area contributed by atoms with Crippen molar-refractivity contribution in [3.8, 4) is 5.75 Å². The molecule has 0 N–H and O–H groups in total. The lowest BCUT2D eigenvalue weighted by atomic mass is 10.1. The molecule has 0 radical (unpaired) electrons. The lowest BCUT2D eigenvalue weighted by molar-refractivity contribution is 0.0965. The fraction of sp³-hybridized carbons (Fsp3) is 0.478. The van der Waals surface area contributed by atoms with Crippen molar-refractivity contribution in [2.45, 2.75) is 38.0 Å². The molecular formula is C23H28N4O3. The molecule has 1 unspecified atom stereocenters. The average Bonchev–Trinajstić information content (AvgIpc) is 3.43. The Morgan fingerprint density at radius 1 is 1.17 bits per heavy atom. The smallest absolute Gasteiger partial charge is 0.268 e. The van der Waals surface area contributed by atoms with Crippen LogP contribution in [0, 0.1) is 0 Å². The molecule has 0 bridgehead atoms. The van der Waals surface area contributed by atoms with Crippen LogP contribution in [-0.2, 0) is 18.3 Å². The molecule has 2 aliphatic rings. The Morgan fingerprint density at radius 3 is 2.83 bits per heavy atom. The van der Waals surface area contributed by atoms with Crippen molar-refractivity contribution >= 4 is 10.9 Å². The van der Waals surface area contributed by atoms with Crippen LogP contribution in [0.15, 0.2) is 47.7 Å². The maximum atomic E-state index is 11.8. The highest BCUT2D eigenvalue weighted by atomic mass is 16.5. The van der Waals surface area contributed by atoms with Crippen LogP contribution in [-0.4, -0.2) is 51.4 Å². The van der Waals surface area contributed by atoms with Crippen molar-refractivity contribution in [1.82, 2.24) is 19.0 Å². The number of aromatic nitrogens is 3. The fourth-order valence-electron chi connectivity index (χ4n) is 4.57. The van der Waals surface area contributed by atoms with Gasteiger partial charge in [-0.15, -0.1) is 0 Å². The number of likely N-dealkylation sites (tertiary alicyclic amines) is 1. The molecule has 2 aromatic heterocycles. The standard InChI is InChI=1S/C23H28N4O3/c1-25-18(13-24-14-23(25)28)15-26-9-5-19(6-10-26)30-22-4-2-3-21-20(22)7-11-27(21)17-8-12-29-16-17/h2-4,7,11,13-14,17,19H,5-6,8-10,12,15-16H2,1H3.